The summed E-state index contributed by atoms with van der Waals surface area (Å²) in [7, 11) is 0. The van der Waals surface area contributed by atoms with Gasteiger partial charge in [0.1, 0.15) is 0 Å². The average molecular weight is 304 g/mol. The summed E-state index contributed by atoms with van der Waals surface area (Å²) >= 11 is 0. The molecule has 0 unspecified atom stereocenters. The monoisotopic (exact) mass is 304 g/mol. The third kappa shape index (κ3) is 4.48. The Hall–Kier alpha value is -2.04. The summed E-state index contributed by atoms with van der Waals surface area (Å²) in [5, 5.41) is 2.63. The predicted molar refractivity (Wildman–Crippen MR) is 85.3 cm³/mol. The van der Waals surface area contributed by atoms with E-state index < -0.39 is 22.7 Å². The lowest BCUT2D eigenvalue weighted by molar-refractivity contribution is -0.146. The van der Waals surface area contributed by atoms with Gasteiger partial charge in [-0.25, -0.2) is 0 Å². The zero-order valence-electron chi connectivity index (χ0n) is 14.1. The van der Waals surface area contributed by atoms with Crippen LogP contribution in [0.2, 0.25) is 0 Å². The highest BCUT2D eigenvalue weighted by atomic mass is 16.2. The highest BCUT2D eigenvalue weighted by Crippen LogP contribution is 2.28. The number of nitrogens with zero attached hydrogens (tertiary/aromatic N) is 1. The molecule has 0 saturated carbocycles. The fourth-order valence-electron chi connectivity index (χ4n) is 1.87. The number of carbonyl (C=O) groups is 3. The molecule has 0 saturated heterocycles. The van der Waals surface area contributed by atoms with Crippen molar-refractivity contribution in [1.29, 1.82) is 0 Å². The number of hydrogen-bond donors (Lipinski definition) is 1. The van der Waals surface area contributed by atoms with Crippen molar-refractivity contribution in [2.45, 2.75) is 41.5 Å². The number of rotatable bonds is 4. The van der Waals surface area contributed by atoms with Gasteiger partial charge in [-0.15, -0.1) is 0 Å². The molecule has 22 heavy (non-hydrogen) atoms. The van der Waals surface area contributed by atoms with E-state index in [1.807, 2.05) is 0 Å². The summed E-state index contributed by atoms with van der Waals surface area (Å²) in [5.74, 6) is -2.66. The first-order valence-corrected chi connectivity index (χ1v) is 7.24. The minimum Gasteiger partial charge on any atom is -0.325 e. The van der Waals surface area contributed by atoms with Crippen molar-refractivity contribution in [3.8, 4) is 0 Å². The molecule has 0 bridgehead atoms. The van der Waals surface area contributed by atoms with Gasteiger partial charge in [0.15, 0.2) is 17.5 Å². The van der Waals surface area contributed by atoms with E-state index >= 15 is 0 Å². The van der Waals surface area contributed by atoms with E-state index in [9.17, 15) is 14.4 Å². The summed E-state index contributed by atoms with van der Waals surface area (Å²) < 4.78 is 0. The number of Topliss-reactive ketones (excluding diaryl/α,β-unsaturated/α-hetero) is 2. The molecule has 0 aliphatic heterocycles. The molecule has 1 amide bonds. The van der Waals surface area contributed by atoms with Crippen LogP contribution >= 0.6 is 0 Å². The SMILES string of the molecule is CC(C)(C)C(=O)C(C(=O)Nc1ccncc1)C(=O)C(C)(C)C. The highest BCUT2D eigenvalue weighted by molar-refractivity contribution is 6.23. The summed E-state index contributed by atoms with van der Waals surface area (Å²) in [6.07, 6.45) is 3.06. The van der Waals surface area contributed by atoms with Crippen molar-refractivity contribution in [3.63, 3.8) is 0 Å². The number of hydrogen-bond acceptors (Lipinski definition) is 4. The molecule has 0 atom stereocenters. The molecule has 0 aliphatic carbocycles. The number of anilines is 1. The van der Waals surface area contributed by atoms with E-state index in [1.54, 1.807) is 53.7 Å². The average Bonchev–Trinajstić information content (AvgIpc) is 2.37. The van der Waals surface area contributed by atoms with Crippen molar-refractivity contribution in [2.24, 2.45) is 16.7 Å². The van der Waals surface area contributed by atoms with Gasteiger partial charge in [0.2, 0.25) is 5.91 Å². The number of nitrogens with one attached hydrogen (secondary N) is 1. The quantitative estimate of drug-likeness (QED) is 0.868. The standard InChI is InChI=1S/C17H24N2O3/c1-16(2,3)13(20)12(14(21)17(4,5)6)15(22)19-11-7-9-18-10-8-11/h7-10,12H,1-6H3,(H,18,19,22). The van der Waals surface area contributed by atoms with Crippen LogP contribution in [0, 0.1) is 16.7 Å². The van der Waals surface area contributed by atoms with Gasteiger partial charge >= 0.3 is 0 Å². The number of amides is 1. The molecule has 1 aromatic heterocycles. The Morgan fingerprint density at radius 1 is 0.909 bits per heavy atom. The van der Waals surface area contributed by atoms with Gasteiger partial charge in [-0.3, -0.25) is 19.4 Å². The van der Waals surface area contributed by atoms with Gasteiger partial charge in [-0.2, -0.15) is 0 Å². The minimum absolute atomic E-state index is 0.376. The van der Waals surface area contributed by atoms with Crippen LogP contribution in [0.4, 0.5) is 5.69 Å². The van der Waals surface area contributed by atoms with Crippen molar-refractivity contribution in [2.75, 3.05) is 5.32 Å². The second-order valence-corrected chi connectivity index (χ2v) is 7.39. The largest absolute Gasteiger partial charge is 0.325 e. The molecule has 120 valence electrons. The molecular formula is C17H24N2O3. The van der Waals surface area contributed by atoms with Crippen LogP contribution < -0.4 is 5.32 Å². The third-order valence-corrected chi connectivity index (χ3v) is 3.21. The molecule has 5 heteroatoms. The second kappa shape index (κ2) is 6.38. The van der Waals surface area contributed by atoms with Gasteiger partial charge < -0.3 is 5.32 Å². The Balaban J connectivity index is 3.13. The summed E-state index contributed by atoms with van der Waals surface area (Å²) in [6, 6.07) is 3.22. The molecular weight excluding hydrogens is 280 g/mol. The Kier molecular flexibility index (Phi) is 5.22. The summed E-state index contributed by atoms with van der Waals surface area (Å²) in [4.78, 5) is 41.6. The second-order valence-electron chi connectivity index (χ2n) is 7.39. The van der Waals surface area contributed by atoms with E-state index in [0.717, 1.165) is 0 Å². The Morgan fingerprint density at radius 3 is 1.68 bits per heavy atom. The van der Waals surface area contributed by atoms with Gasteiger partial charge in [0.25, 0.3) is 0 Å². The normalized spacial score (nSPS) is 12.1. The predicted octanol–water partition coefficient (Wildman–Crippen LogP) is 2.87. The van der Waals surface area contributed by atoms with E-state index in [1.165, 1.54) is 12.4 Å². The first kappa shape index (κ1) is 18.0. The van der Waals surface area contributed by atoms with Gasteiger partial charge in [0, 0.05) is 28.9 Å². The lowest BCUT2D eigenvalue weighted by Gasteiger charge is -2.28. The molecule has 0 fully saturated rings. The van der Waals surface area contributed by atoms with E-state index in [-0.39, 0.29) is 11.6 Å². The van der Waals surface area contributed by atoms with Crippen LogP contribution in [-0.4, -0.2) is 22.5 Å². The summed E-state index contributed by atoms with van der Waals surface area (Å²) in [6.45, 7) is 10.2. The molecule has 5 nitrogen and oxygen atoms in total. The maximum atomic E-state index is 12.6. The van der Waals surface area contributed by atoms with Crippen LogP contribution in [0.5, 0.6) is 0 Å². The van der Waals surface area contributed by atoms with Crippen LogP contribution in [0.15, 0.2) is 24.5 Å². The van der Waals surface area contributed by atoms with E-state index in [0.29, 0.717) is 5.69 Å². The topological polar surface area (TPSA) is 76.1 Å². The molecule has 0 spiro atoms. The van der Waals surface area contributed by atoms with Crippen LogP contribution in [0.3, 0.4) is 0 Å². The maximum absolute atomic E-state index is 12.6. The number of carbonyl (C=O) groups excluding carboxylic acids is 3. The minimum atomic E-state index is -1.31. The zero-order chi connectivity index (χ0) is 17.1. The van der Waals surface area contributed by atoms with Crippen LogP contribution in [0.1, 0.15) is 41.5 Å². The Morgan fingerprint density at radius 2 is 1.32 bits per heavy atom. The number of pyridine rings is 1. The molecule has 1 rings (SSSR count). The molecule has 1 aromatic rings. The van der Waals surface area contributed by atoms with E-state index in [4.69, 9.17) is 0 Å². The van der Waals surface area contributed by atoms with Crippen molar-refractivity contribution >= 4 is 23.2 Å². The van der Waals surface area contributed by atoms with Crippen LogP contribution in [-0.2, 0) is 14.4 Å². The lowest BCUT2D eigenvalue weighted by atomic mass is 9.74. The smallest absolute Gasteiger partial charge is 0.242 e. The number of aromatic nitrogens is 1. The molecule has 1 N–H and O–H groups in total. The summed E-state index contributed by atoms with van der Waals surface area (Å²) in [5.41, 5.74) is -1.05. The molecule has 1 heterocycles. The van der Waals surface area contributed by atoms with Crippen molar-refractivity contribution < 1.29 is 14.4 Å². The number of ketones is 2. The highest BCUT2D eigenvalue weighted by Gasteiger charge is 2.43. The molecule has 0 aliphatic rings. The Bertz CT molecular complexity index is 540. The lowest BCUT2D eigenvalue weighted by Crippen LogP contribution is -2.45. The first-order chi connectivity index (χ1) is 9.94. The van der Waals surface area contributed by atoms with Gasteiger partial charge in [-0.05, 0) is 12.1 Å². The maximum Gasteiger partial charge on any atom is 0.242 e. The third-order valence-electron chi connectivity index (χ3n) is 3.21. The first-order valence-electron chi connectivity index (χ1n) is 7.24. The van der Waals surface area contributed by atoms with E-state index in [2.05, 4.69) is 10.3 Å². The molecule has 0 radical (unpaired) electrons. The molecule has 0 aromatic carbocycles. The fraction of sp³-hybridized carbons (Fsp3) is 0.529. The van der Waals surface area contributed by atoms with Gasteiger partial charge in [0.05, 0.1) is 0 Å². The van der Waals surface area contributed by atoms with Crippen LogP contribution in [0.25, 0.3) is 0 Å². The van der Waals surface area contributed by atoms with Crippen molar-refractivity contribution in [3.05, 3.63) is 24.5 Å². The van der Waals surface area contributed by atoms with Crippen molar-refractivity contribution in [1.82, 2.24) is 4.98 Å². The Labute approximate surface area is 131 Å². The zero-order valence-corrected chi connectivity index (χ0v) is 14.1. The fourth-order valence-corrected chi connectivity index (χ4v) is 1.87. The van der Waals surface area contributed by atoms with Gasteiger partial charge in [-0.1, -0.05) is 41.5 Å².